The van der Waals surface area contributed by atoms with Crippen LogP contribution >= 0.6 is 0 Å². The highest BCUT2D eigenvalue weighted by Gasteiger charge is 2.27. The highest BCUT2D eigenvalue weighted by Crippen LogP contribution is 2.19. The molecule has 2 nitrogen and oxygen atoms in total. The van der Waals surface area contributed by atoms with Crippen LogP contribution in [0, 0.1) is 11.5 Å². The van der Waals surface area contributed by atoms with Crippen LogP contribution < -0.4 is 0 Å². The van der Waals surface area contributed by atoms with Gasteiger partial charge >= 0.3 is 0 Å². The Balaban J connectivity index is 4.55. The van der Waals surface area contributed by atoms with Gasteiger partial charge in [-0.15, -0.1) is 5.54 Å². The highest BCUT2D eigenvalue weighted by atomic mass is 28.3. The normalized spacial score (nSPS) is 16.9. The van der Waals surface area contributed by atoms with Crippen molar-refractivity contribution in [1.29, 1.82) is 0 Å². The first-order chi connectivity index (χ1) is 5.91. The molecule has 0 amide bonds. The van der Waals surface area contributed by atoms with Gasteiger partial charge in [0.05, 0.1) is 5.60 Å². The molecule has 0 saturated carbocycles. The number of rotatable bonds is 2. The van der Waals surface area contributed by atoms with E-state index in [1.807, 2.05) is 0 Å². The van der Waals surface area contributed by atoms with Gasteiger partial charge < -0.3 is 10.2 Å². The van der Waals surface area contributed by atoms with Gasteiger partial charge in [0, 0.05) is 6.42 Å². The second-order valence-electron chi connectivity index (χ2n) is 5.76. The molecule has 0 aromatic heterocycles. The molecule has 0 radical (unpaired) electrons. The lowest BCUT2D eigenvalue weighted by molar-refractivity contribution is -0.00416. The molecule has 82 valence electrons. The summed E-state index contributed by atoms with van der Waals surface area (Å²) in [6, 6.07) is 0. The second kappa shape index (κ2) is 4.06. The van der Waals surface area contributed by atoms with E-state index in [4.69, 9.17) is 0 Å². The molecule has 0 bridgehead atoms. The van der Waals surface area contributed by atoms with E-state index in [0.29, 0.717) is 0 Å². The lowest BCUT2D eigenvalue weighted by atomic mass is 9.92. The van der Waals surface area contributed by atoms with Crippen molar-refractivity contribution in [1.82, 2.24) is 0 Å². The topological polar surface area (TPSA) is 40.5 Å². The standard InChI is InChI=1S/C11H22O2Si/c1-10(2,12)9-11(3,13)7-8-14(4,5)6/h12-13H,9H2,1-6H3. The maximum atomic E-state index is 9.90. The molecule has 0 spiro atoms. The van der Waals surface area contributed by atoms with Crippen LogP contribution in [0.3, 0.4) is 0 Å². The minimum Gasteiger partial charge on any atom is -0.390 e. The molecular formula is C11H22O2Si. The molecule has 0 saturated heterocycles. The molecule has 0 rings (SSSR count). The fourth-order valence-corrected chi connectivity index (χ4v) is 1.85. The molecule has 0 aliphatic rings. The molecule has 3 heteroatoms. The summed E-state index contributed by atoms with van der Waals surface area (Å²) in [7, 11) is -1.45. The van der Waals surface area contributed by atoms with Gasteiger partial charge in [-0.3, -0.25) is 0 Å². The highest BCUT2D eigenvalue weighted by molar-refractivity contribution is 6.83. The maximum absolute atomic E-state index is 9.90. The van der Waals surface area contributed by atoms with Crippen LogP contribution in [0.4, 0.5) is 0 Å². The summed E-state index contributed by atoms with van der Waals surface area (Å²) in [5.74, 6) is 2.86. The van der Waals surface area contributed by atoms with Gasteiger partial charge in [-0.25, -0.2) is 0 Å². The summed E-state index contributed by atoms with van der Waals surface area (Å²) in [5.41, 5.74) is 1.15. The number of aliphatic hydroxyl groups is 2. The molecule has 1 unspecified atom stereocenters. The Bertz CT molecular complexity index is 245. The monoisotopic (exact) mass is 214 g/mol. The minimum absolute atomic E-state index is 0.275. The SMILES string of the molecule is CC(C)(O)CC(C)(O)C#C[Si](C)(C)C. The lowest BCUT2D eigenvalue weighted by Gasteiger charge is -2.26. The van der Waals surface area contributed by atoms with Crippen LogP contribution in [0.15, 0.2) is 0 Å². The predicted molar refractivity (Wildman–Crippen MR) is 62.7 cm³/mol. The van der Waals surface area contributed by atoms with Gasteiger partial charge in [0.25, 0.3) is 0 Å². The Labute approximate surface area is 88.4 Å². The van der Waals surface area contributed by atoms with E-state index in [1.165, 1.54) is 0 Å². The maximum Gasteiger partial charge on any atom is 0.129 e. The lowest BCUT2D eigenvalue weighted by Crippen LogP contribution is -2.34. The fraction of sp³-hybridized carbons (Fsp3) is 0.818. The summed E-state index contributed by atoms with van der Waals surface area (Å²) < 4.78 is 0. The molecule has 0 aliphatic heterocycles. The second-order valence-corrected chi connectivity index (χ2v) is 10.5. The van der Waals surface area contributed by atoms with Crippen LogP contribution in [0.1, 0.15) is 27.2 Å². The molecular weight excluding hydrogens is 192 g/mol. The van der Waals surface area contributed by atoms with Gasteiger partial charge in [-0.2, -0.15) is 0 Å². The predicted octanol–water partition coefficient (Wildman–Crippen LogP) is 1.78. The zero-order valence-corrected chi connectivity index (χ0v) is 11.1. The summed E-state index contributed by atoms with van der Waals surface area (Å²) in [6.45, 7) is 11.4. The molecule has 0 heterocycles. The van der Waals surface area contributed by atoms with Gasteiger partial charge in [0.1, 0.15) is 13.7 Å². The largest absolute Gasteiger partial charge is 0.390 e. The Morgan fingerprint density at radius 3 is 1.79 bits per heavy atom. The van der Waals surface area contributed by atoms with Crippen LogP contribution in [0.2, 0.25) is 19.6 Å². The average Bonchev–Trinajstić information content (AvgIpc) is 1.76. The van der Waals surface area contributed by atoms with Crippen LogP contribution in [0.5, 0.6) is 0 Å². The number of hydrogen-bond acceptors (Lipinski definition) is 2. The summed E-state index contributed by atoms with van der Waals surface area (Å²) >= 11 is 0. The molecule has 0 fully saturated rings. The molecule has 14 heavy (non-hydrogen) atoms. The summed E-state index contributed by atoms with van der Waals surface area (Å²) in [6.07, 6.45) is 0.275. The van der Waals surface area contributed by atoms with Crippen molar-refractivity contribution in [3.8, 4) is 11.5 Å². The third-order valence-electron chi connectivity index (χ3n) is 1.48. The molecule has 1 atom stereocenters. The van der Waals surface area contributed by atoms with Crippen LogP contribution in [0.25, 0.3) is 0 Å². The fourth-order valence-electron chi connectivity index (χ4n) is 1.21. The zero-order valence-electron chi connectivity index (χ0n) is 10.1. The first-order valence-corrected chi connectivity index (χ1v) is 8.40. The zero-order chi connectivity index (χ0) is 11.6. The van der Waals surface area contributed by atoms with Gasteiger partial charge in [-0.05, 0) is 20.8 Å². The Kier molecular flexibility index (Phi) is 3.97. The van der Waals surface area contributed by atoms with Gasteiger partial charge in [0.2, 0.25) is 0 Å². The van der Waals surface area contributed by atoms with Crippen molar-refractivity contribution in [2.75, 3.05) is 0 Å². The van der Waals surface area contributed by atoms with Gasteiger partial charge in [0.15, 0.2) is 0 Å². The molecule has 2 N–H and O–H groups in total. The van der Waals surface area contributed by atoms with E-state index in [2.05, 4.69) is 31.1 Å². The van der Waals surface area contributed by atoms with Crippen LogP contribution in [-0.4, -0.2) is 29.5 Å². The molecule has 0 aromatic rings. The van der Waals surface area contributed by atoms with Crippen LogP contribution in [-0.2, 0) is 0 Å². The van der Waals surface area contributed by atoms with Crippen molar-refractivity contribution >= 4 is 8.07 Å². The third-order valence-corrected chi connectivity index (χ3v) is 2.36. The molecule has 0 aliphatic carbocycles. The molecule has 0 aromatic carbocycles. The summed E-state index contributed by atoms with van der Waals surface area (Å²) in [4.78, 5) is 0. The Morgan fingerprint density at radius 1 is 1.07 bits per heavy atom. The quantitative estimate of drug-likeness (QED) is 0.543. The average molecular weight is 214 g/mol. The minimum atomic E-state index is -1.45. The van der Waals surface area contributed by atoms with E-state index >= 15 is 0 Å². The van der Waals surface area contributed by atoms with E-state index in [0.717, 1.165) is 0 Å². The van der Waals surface area contributed by atoms with Crippen molar-refractivity contribution < 1.29 is 10.2 Å². The van der Waals surface area contributed by atoms with E-state index in [1.54, 1.807) is 20.8 Å². The number of hydrogen-bond donors (Lipinski definition) is 2. The van der Waals surface area contributed by atoms with Gasteiger partial charge in [-0.1, -0.05) is 25.6 Å². The summed E-state index contributed by atoms with van der Waals surface area (Å²) in [5, 5.41) is 19.5. The van der Waals surface area contributed by atoms with Crippen molar-refractivity contribution in [3.63, 3.8) is 0 Å². The van der Waals surface area contributed by atoms with Crippen molar-refractivity contribution in [3.05, 3.63) is 0 Å². The first kappa shape index (κ1) is 13.7. The Morgan fingerprint density at radius 2 is 1.50 bits per heavy atom. The first-order valence-electron chi connectivity index (χ1n) is 4.90. The van der Waals surface area contributed by atoms with E-state index in [9.17, 15) is 10.2 Å². The smallest absolute Gasteiger partial charge is 0.129 e. The van der Waals surface area contributed by atoms with Crippen molar-refractivity contribution in [2.24, 2.45) is 0 Å². The third kappa shape index (κ3) is 8.30. The van der Waals surface area contributed by atoms with E-state index < -0.39 is 19.3 Å². The van der Waals surface area contributed by atoms with Crippen molar-refractivity contribution in [2.45, 2.75) is 58.0 Å². The Hall–Kier alpha value is -0.303. The van der Waals surface area contributed by atoms with E-state index in [-0.39, 0.29) is 6.42 Å².